The number of carbonyl (C=O) groups is 3. The molecule has 17 heteroatoms. The van der Waals surface area contributed by atoms with Crippen molar-refractivity contribution in [2.45, 2.75) is 83.0 Å². The smallest absolute Gasteiger partial charge is 0.357 e. The number of rotatable bonds is 10. The Morgan fingerprint density at radius 1 is 1.09 bits per heavy atom. The highest BCUT2D eigenvalue weighted by molar-refractivity contribution is 5.93. The van der Waals surface area contributed by atoms with E-state index >= 15 is 4.39 Å². The number of nitrogens with one attached hydrogen (secondary N) is 4. The van der Waals surface area contributed by atoms with Crippen LogP contribution in [0.3, 0.4) is 0 Å². The van der Waals surface area contributed by atoms with Crippen LogP contribution in [0.15, 0.2) is 16.8 Å². The van der Waals surface area contributed by atoms with E-state index in [0.717, 1.165) is 6.07 Å². The molecule has 1 aromatic carbocycles. The van der Waals surface area contributed by atoms with Crippen molar-refractivity contribution < 1.29 is 45.4 Å². The molecule has 0 spiro atoms. The number of alkyl halides is 5. The first-order chi connectivity index (χ1) is 21.0. The number of likely N-dealkylation sites (N-methyl/N-ethyl adjacent to an activating group) is 1. The Hall–Kier alpha value is -4.18. The maximum absolute atomic E-state index is 16.0. The van der Waals surface area contributed by atoms with Crippen molar-refractivity contribution in [3.63, 3.8) is 0 Å². The first-order valence-corrected chi connectivity index (χ1v) is 14.3. The molecule has 0 radical (unpaired) electrons. The summed E-state index contributed by atoms with van der Waals surface area (Å²) in [4.78, 5) is 45.5. The molecule has 4 rings (SSSR count). The Morgan fingerprint density at radius 2 is 1.76 bits per heavy atom. The summed E-state index contributed by atoms with van der Waals surface area (Å²) < 4.78 is 89.4. The maximum atomic E-state index is 16.0. The molecular weight excluding hydrogens is 612 g/mol. The molecule has 246 valence electrons. The lowest BCUT2D eigenvalue weighted by molar-refractivity contribution is -0.149. The third kappa shape index (κ3) is 7.73. The first kappa shape index (κ1) is 33.7. The number of carbonyl (C=O) groups excluding carboxylic acids is 3. The van der Waals surface area contributed by atoms with Gasteiger partial charge in [-0.3, -0.25) is 14.4 Å². The van der Waals surface area contributed by atoms with Gasteiger partial charge in [0.15, 0.2) is 11.5 Å². The molecule has 11 nitrogen and oxygen atoms in total. The number of imidazole rings is 1. The zero-order valence-corrected chi connectivity index (χ0v) is 24.8. The maximum Gasteiger partial charge on any atom is 0.390 e. The molecule has 2 aromatic heterocycles. The van der Waals surface area contributed by atoms with Crippen LogP contribution in [-0.4, -0.2) is 63.2 Å². The molecule has 2 heterocycles. The van der Waals surface area contributed by atoms with Gasteiger partial charge < -0.3 is 20.9 Å². The molecule has 0 saturated heterocycles. The van der Waals surface area contributed by atoms with Crippen molar-refractivity contribution in [3.8, 4) is 0 Å². The lowest BCUT2D eigenvalue weighted by Crippen LogP contribution is -2.50. The normalized spacial score (nSPS) is 17.6. The van der Waals surface area contributed by atoms with Gasteiger partial charge in [-0.1, -0.05) is 25.1 Å². The highest BCUT2D eigenvalue weighted by Gasteiger charge is 2.41. The van der Waals surface area contributed by atoms with Crippen molar-refractivity contribution >= 4 is 28.8 Å². The monoisotopic (exact) mass is 645 g/mol. The molecule has 1 aliphatic carbocycles. The highest BCUT2D eigenvalue weighted by atomic mass is 19.4. The number of halogens is 6. The molecule has 3 amide bonds. The van der Waals surface area contributed by atoms with Gasteiger partial charge >= 0.3 is 6.18 Å². The number of hydrogen-bond acceptors (Lipinski definition) is 7. The van der Waals surface area contributed by atoms with Crippen molar-refractivity contribution in [1.82, 2.24) is 36.2 Å². The summed E-state index contributed by atoms with van der Waals surface area (Å²) in [5, 5.41) is 14.4. The molecule has 1 unspecified atom stereocenters. The predicted molar refractivity (Wildman–Crippen MR) is 146 cm³/mol. The number of aryl methyl sites for hydroxylation is 1. The second-order valence-electron chi connectivity index (χ2n) is 11.5. The van der Waals surface area contributed by atoms with Gasteiger partial charge in [0.2, 0.25) is 17.7 Å². The van der Waals surface area contributed by atoms with Crippen LogP contribution in [0.5, 0.6) is 0 Å². The van der Waals surface area contributed by atoms with Crippen LogP contribution in [0.2, 0.25) is 0 Å². The predicted octanol–water partition coefficient (Wildman–Crippen LogP) is 4.61. The van der Waals surface area contributed by atoms with Crippen LogP contribution in [0, 0.1) is 24.6 Å². The van der Waals surface area contributed by atoms with Crippen LogP contribution in [0.1, 0.15) is 85.5 Å². The van der Waals surface area contributed by atoms with E-state index < -0.39 is 95.8 Å². The summed E-state index contributed by atoms with van der Waals surface area (Å²) in [6, 6.07) is 0.0181. The molecule has 45 heavy (non-hydrogen) atoms. The van der Waals surface area contributed by atoms with Crippen LogP contribution >= 0.6 is 0 Å². The van der Waals surface area contributed by atoms with E-state index in [0.29, 0.717) is 0 Å². The van der Waals surface area contributed by atoms with Crippen molar-refractivity contribution in [3.05, 3.63) is 40.7 Å². The SMILES string of the molecule is CNC(=O)[C@H](NC(=O)[C@@H](CC(F)(F)F)c1ccc2[nH]c(C(NC(=O)c3nonc3C)C3CCC(F)(F)CC3)nc2c1F)C(C)C. The zero-order chi connectivity index (χ0) is 33.3. The fraction of sp³-hybridized carbons (Fsp3) is 0.571. The van der Waals surface area contributed by atoms with Crippen LogP contribution in [0.4, 0.5) is 26.3 Å². The van der Waals surface area contributed by atoms with Gasteiger partial charge in [-0.25, -0.2) is 22.8 Å². The molecule has 0 aliphatic heterocycles. The lowest BCUT2D eigenvalue weighted by atomic mass is 9.81. The molecule has 1 aliphatic rings. The average molecular weight is 646 g/mol. The number of nitrogens with zero attached hydrogens (tertiary/aromatic N) is 3. The van der Waals surface area contributed by atoms with Gasteiger partial charge in [0, 0.05) is 25.5 Å². The fourth-order valence-corrected chi connectivity index (χ4v) is 5.47. The summed E-state index contributed by atoms with van der Waals surface area (Å²) in [7, 11) is 1.30. The molecule has 4 N–H and O–H groups in total. The van der Waals surface area contributed by atoms with E-state index in [2.05, 4.69) is 40.9 Å². The van der Waals surface area contributed by atoms with Crippen molar-refractivity contribution in [2.24, 2.45) is 11.8 Å². The Balaban J connectivity index is 1.73. The zero-order valence-electron chi connectivity index (χ0n) is 24.8. The Bertz CT molecular complexity index is 1540. The topological polar surface area (TPSA) is 155 Å². The summed E-state index contributed by atoms with van der Waals surface area (Å²) in [6.45, 7) is 4.63. The molecule has 0 bridgehead atoms. The molecule has 1 saturated carbocycles. The van der Waals surface area contributed by atoms with E-state index in [-0.39, 0.29) is 35.6 Å². The van der Waals surface area contributed by atoms with Gasteiger partial charge in [0.25, 0.3) is 5.91 Å². The standard InChI is InChI=1S/C28H33F6N7O4/c1-12(2)19(25(43)35-4)38-24(42)16(11-28(32,33)34)15-5-6-17-22(18(15)29)37-23(36-17)21(14-7-9-27(30,31)10-8-14)39-26(44)20-13(3)40-45-41-20/h5-6,12,14,16,19,21H,7-11H2,1-4H3,(H,35,43)(H,36,37)(H,38,42)(H,39,44)/t16-,19+,21?/m0/s1. The van der Waals surface area contributed by atoms with E-state index in [1.54, 1.807) is 13.8 Å². The molecular formula is C28H33F6N7O4. The van der Waals surface area contributed by atoms with Crippen LogP contribution in [0.25, 0.3) is 11.0 Å². The van der Waals surface area contributed by atoms with E-state index in [4.69, 9.17) is 0 Å². The number of fused-ring (bicyclic) bond motifs is 1. The summed E-state index contributed by atoms with van der Waals surface area (Å²) in [5.41, 5.74) is -1.01. The number of aromatic nitrogens is 4. The van der Waals surface area contributed by atoms with Crippen LogP contribution in [-0.2, 0) is 9.59 Å². The van der Waals surface area contributed by atoms with E-state index in [1.165, 1.54) is 20.0 Å². The van der Waals surface area contributed by atoms with Crippen LogP contribution < -0.4 is 16.0 Å². The number of aromatic amines is 1. The van der Waals surface area contributed by atoms with Gasteiger partial charge in [-0.2, -0.15) is 13.2 Å². The first-order valence-electron chi connectivity index (χ1n) is 14.3. The summed E-state index contributed by atoms with van der Waals surface area (Å²) in [6.07, 6.45) is -7.57. The number of hydrogen-bond donors (Lipinski definition) is 4. The van der Waals surface area contributed by atoms with Gasteiger partial charge in [0.1, 0.15) is 23.1 Å². The van der Waals surface area contributed by atoms with Crippen molar-refractivity contribution in [2.75, 3.05) is 7.05 Å². The lowest BCUT2D eigenvalue weighted by Gasteiger charge is -2.33. The van der Waals surface area contributed by atoms with Gasteiger partial charge in [-0.05, 0) is 42.8 Å². The Labute approximate surface area is 253 Å². The third-order valence-electron chi connectivity index (χ3n) is 7.94. The van der Waals surface area contributed by atoms with Gasteiger partial charge in [-0.15, -0.1) is 0 Å². The molecule has 1 fully saturated rings. The number of benzene rings is 1. The fourth-order valence-electron chi connectivity index (χ4n) is 5.47. The largest absolute Gasteiger partial charge is 0.390 e. The summed E-state index contributed by atoms with van der Waals surface area (Å²) >= 11 is 0. The number of H-pyrrole nitrogens is 1. The third-order valence-corrected chi connectivity index (χ3v) is 7.94. The summed E-state index contributed by atoms with van der Waals surface area (Å²) in [5.74, 6) is -9.89. The second kappa shape index (κ2) is 13.0. The second-order valence-corrected chi connectivity index (χ2v) is 11.5. The quantitative estimate of drug-likeness (QED) is 0.235. The minimum absolute atomic E-state index is 0.0189. The highest BCUT2D eigenvalue weighted by Crippen LogP contribution is 2.42. The van der Waals surface area contributed by atoms with Crippen molar-refractivity contribution in [1.29, 1.82) is 0 Å². The average Bonchev–Trinajstić information content (AvgIpc) is 3.59. The Morgan fingerprint density at radius 3 is 2.31 bits per heavy atom. The molecule has 3 atom stereocenters. The Kier molecular flexibility index (Phi) is 9.77. The minimum atomic E-state index is -4.88. The minimum Gasteiger partial charge on any atom is -0.357 e. The van der Waals surface area contributed by atoms with E-state index in [1.807, 2.05) is 0 Å². The number of amides is 3. The molecule has 3 aromatic rings. The van der Waals surface area contributed by atoms with Gasteiger partial charge in [0.05, 0.1) is 23.9 Å². The van der Waals surface area contributed by atoms with E-state index in [9.17, 15) is 36.3 Å².